The molecule has 24 heavy (non-hydrogen) atoms. The molecule has 0 radical (unpaired) electrons. The average molecular weight is 332 g/mol. The zero-order valence-corrected chi connectivity index (χ0v) is 14.3. The molecule has 0 saturated carbocycles. The Morgan fingerprint density at radius 2 is 1.83 bits per heavy atom. The molecule has 1 saturated heterocycles. The van der Waals surface area contributed by atoms with E-state index in [1.54, 1.807) is 6.08 Å². The number of aliphatic hydroxyl groups is 1. The summed E-state index contributed by atoms with van der Waals surface area (Å²) in [4.78, 5) is 10.4. The standard InChI is InChI=1S/C20H28O4/c1-2-17(21)13-10-8-6-4-3-5-7-9-11-14-18-19(24-18)15-12-16-20(22)23/h3,5-11,13-14,17-19,21H,2,4,12,15-16H2,1H3,(H,22,23)/b5-3-,8-6-,9-7+,13-10+,14-11+/t17-,18?,19?/m1/s1. The molecule has 0 amide bonds. The third-order valence-corrected chi connectivity index (χ3v) is 3.54. The number of hydrogen-bond donors (Lipinski definition) is 2. The predicted octanol–water partition coefficient (Wildman–Crippen LogP) is 3.95. The van der Waals surface area contributed by atoms with Crippen molar-refractivity contribution in [3.05, 3.63) is 60.8 Å². The van der Waals surface area contributed by atoms with Crippen LogP contribution in [-0.2, 0) is 9.53 Å². The molecule has 0 aromatic rings. The summed E-state index contributed by atoms with van der Waals surface area (Å²) in [7, 11) is 0. The molecule has 1 heterocycles. The minimum atomic E-state index is -0.748. The van der Waals surface area contributed by atoms with Crippen molar-refractivity contribution in [2.75, 3.05) is 0 Å². The topological polar surface area (TPSA) is 70.1 Å². The third kappa shape index (κ3) is 10.8. The Morgan fingerprint density at radius 1 is 1.12 bits per heavy atom. The minimum Gasteiger partial charge on any atom is -0.481 e. The number of aliphatic carboxylic acids is 1. The Bertz CT molecular complexity index is 500. The highest BCUT2D eigenvalue weighted by atomic mass is 16.6. The van der Waals surface area contributed by atoms with E-state index in [2.05, 4.69) is 0 Å². The Morgan fingerprint density at radius 3 is 2.54 bits per heavy atom. The van der Waals surface area contributed by atoms with Crippen molar-refractivity contribution in [2.24, 2.45) is 0 Å². The molecule has 0 aliphatic carbocycles. The molecule has 2 unspecified atom stereocenters. The Balaban J connectivity index is 2.06. The molecule has 1 aliphatic rings. The number of hydrogen-bond acceptors (Lipinski definition) is 3. The van der Waals surface area contributed by atoms with Crippen LogP contribution < -0.4 is 0 Å². The maximum atomic E-state index is 10.4. The first-order valence-corrected chi connectivity index (χ1v) is 8.52. The van der Waals surface area contributed by atoms with E-state index in [-0.39, 0.29) is 24.7 Å². The second-order valence-corrected chi connectivity index (χ2v) is 5.65. The van der Waals surface area contributed by atoms with Crippen LogP contribution in [0.5, 0.6) is 0 Å². The zero-order valence-electron chi connectivity index (χ0n) is 14.3. The van der Waals surface area contributed by atoms with Gasteiger partial charge in [0.2, 0.25) is 0 Å². The molecule has 1 aliphatic heterocycles. The van der Waals surface area contributed by atoms with Crippen molar-refractivity contribution in [1.29, 1.82) is 0 Å². The first kappa shape index (κ1) is 20.1. The first-order chi connectivity index (χ1) is 11.6. The van der Waals surface area contributed by atoms with E-state index in [4.69, 9.17) is 9.84 Å². The molecule has 1 rings (SSSR count). The lowest BCUT2D eigenvalue weighted by molar-refractivity contribution is -0.137. The number of rotatable bonds is 12. The molecule has 4 nitrogen and oxygen atoms in total. The van der Waals surface area contributed by atoms with Crippen LogP contribution in [0.1, 0.15) is 39.0 Å². The van der Waals surface area contributed by atoms with E-state index >= 15 is 0 Å². The van der Waals surface area contributed by atoms with Crippen LogP contribution in [0.25, 0.3) is 0 Å². The van der Waals surface area contributed by atoms with E-state index in [1.165, 1.54) is 0 Å². The maximum Gasteiger partial charge on any atom is 0.303 e. The lowest BCUT2D eigenvalue weighted by Gasteiger charge is -1.95. The summed E-state index contributed by atoms with van der Waals surface area (Å²) in [5, 5.41) is 17.9. The summed E-state index contributed by atoms with van der Waals surface area (Å²) < 4.78 is 5.44. The predicted molar refractivity (Wildman–Crippen MR) is 96.8 cm³/mol. The van der Waals surface area contributed by atoms with E-state index < -0.39 is 5.97 Å². The molecule has 4 heteroatoms. The summed E-state index contributed by atoms with van der Waals surface area (Å²) in [5.41, 5.74) is 0. The van der Waals surface area contributed by atoms with Crippen LogP contribution >= 0.6 is 0 Å². The van der Waals surface area contributed by atoms with Gasteiger partial charge in [0.1, 0.15) is 6.10 Å². The van der Waals surface area contributed by atoms with Crippen molar-refractivity contribution in [2.45, 2.75) is 57.3 Å². The molecule has 1 fully saturated rings. The van der Waals surface area contributed by atoms with Gasteiger partial charge in [-0.1, -0.05) is 67.7 Å². The maximum absolute atomic E-state index is 10.4. The monoisotopic (exact) mass is 332 g/mol. The summed E-state index contributed by atoms with van der Waals surface area (Å²) >= 11 is 0. The number of aliphatic hydroxyl groups excluding tert-OH is 1. The van der Waals surface area contributed by atoms with Gasteiger partial charge in [-0.15, -0.1) is 0 Å². The largest absolute Gasteiger partial charge is 0.481 e. The zero-order chi connectivity index (χ0) is 17.6. The molecular formula is C20H28O4. The normalized spacial score (nSPS) is 22.6. The Kier molecular flexibility index (Phi) is 10.5. The SMILES string of the molecule is CC[C@@H](O)/C=C/C=C\C\C=C/C=C/C=C/C1OC1CCCC(=O)O. The van der Waals surface area contributed by atoms with Crippen molar-refractivity contribution in [1.82, 2.24) is 0 Å². The van der Waals surface area contributed by atoms with Crippen LogP contribution in [0, 0.1) is 0 Å². The van der Waals surface area contributed by atoms with Gasteiger partial charge in [0.15, 0.2) is 0 Å². The highest BCUT2D eigenvalue weighted by Gasteiger charge is 2.35. The highest BCUT2D eigenvalue weighted by molar-refractivity contribution is 5.66. The minimum absolute atomic E-state index is 0.139. The summed E-state index contributed by atoms with van der Waals surface area (Å²) in [6.07, 6.45) is 22.7. The molecule has 0 bridgehead atoms. The Labute approximate surface area is 144 Å². The fourth-order valence-electron chi connectivity index (χ4n) is 2.04. The van der Waals surface area contributed by atoms with Crippen molar-refractivity contribution >= 4 is 5.97 Å². The number of carboxylic acids is 1. The fourth-order valence-corrected chi connectivity index (χ4v) is 2.04. The van der Waals surface area contributed by atoms with Gasteiger partial charge < -0.3 is 14.9 Å². The van der Waals surface area contributed by atoms with Crippen LogP contribution in [0.2, 0.25) is 0 Å². The van der Waals surface area contributed by atoms with Crippen LogP contribution in [0.15, 0.2) is 60.8 Å². The molecule has 0 spiro atoms. The summed E-state index contributed by atoms with van der Waals surface area (Å²) in [5.74, 6) is -0.748. The van der Waals surface area contributed by atoms with Crippen LogP contribution in [-0.4, -0.2) is 34.5 Å². The second-order valence-electron chi connectivity index (χ2n) is 5.65. The number of carboxylic acid groups (broad SMARTS) is 1. The van der Waals surface area contributed by atoms with E-state index in [0.29, 0.717) is 6.42 Å². The lowest BCUT2D eigenvalue weighted by Crippen LogP contribution is -1.97. The third-order valence-electron chi connectivity index (χ3n) is 3.54. The quantitative estimate of drug-likeness (QED) is 0.419. The van der Waals surface area contributed by atoms with Gasteiger partial charge in [-0.3, -0.25) is 4.79 Å². The lowest BCUT2D eigenvalue weighted by atomic mass is 10.1. The summed E-state index contributed by atoms with van der Waals surface area (Å²) in [6, 6.07) is 0. The number of ether oxygens (including phenoxy) is 1. The van der Waals surface area contributed by atoms with E-state index in [1.807, 2.05) is 61.6 Å². The van der Waals surface area contributed by atoms with Gasteiger partial charge in [0, 0.05) is 6.42 Å². The van der Waals surface area contributed by atoms with Gasteiger partial charge >= 0.3 is 5.97 Å². The second kappa shape index (κ2) is 12.5. The van der Waals surface area contributed by atoms with Gasteiger partial charge in [-0.25, -0.2) is 0 Å². The van der Waals surface area contributed by atoms with Gasteiger partial charge in [0.05, 0.1) is 12.2 Å². The highest BCUT2D eigenvalue weighted by Crippen LogP contribution is 2.28. The van der Waals surface area contributed by atoms with Gasteiger partial charge in [0.25, 0.3) is 0 Å². The average Bonchev–Trinajstić information content (AvgIpc) is 3.30. The number of allylic oxidation sites excluding steroid dienone is 8. The van der Waals surface area contributed by atoms with Crippen LogP contribution in [0.3, 0.4) is 0 Å². The van der Waals surface area contributed by atoms with Gasteiger partial charge in [-0.2, -0.15) is 0 Å². The van der Waals surface area contributed by atoms with Crippen LogP contribution in [0.4, 0.5) is 0 Å². The fraction of sp³-hybridized carbons (Fsp3) is 0.450. The number of carbonyl (C=O) groups is 1. The molecule has 132 valence electrons. The van der Waals surface area contributed by atoms with Crippen molar-refractivity contribution in [3.63, 3.8) is 0 Å². The molecule has 0 aromatic carbocycles. The smallest absolute Gasteiger partial charge is 0.303 e. The molecule has 2 N–H and O–H groups in total. The van der Waals surface area contributed by atoms with Crippen molar-refractivity contribution < 1.29 is 19.7 Å². The molecule has 3 atom stereocenters. The van der Waals surface area contributed by atoms with E-state index in [9.17, 15) is 9.90 Å². The number of epoxide rings is 1. The molecular weight excluding hydrogens is 304 g/mol. The van der Waals surface area contributed by atoms with E-state index in [0.717, 1.165) is 19.3 Å². The van der Waals surface area contributed by atoms with Gasteiger partial charge in [-0.05, 0) is 25.7 Å². The molecule has 0 aromatic heterocycles. The Hall–Kier alpha value is -1.91. The first-order valence-electron chi connectivity index (χ1n) is 8.52. The van der Waals surface area contributed by atoms with Crippen molar-refractivity contribution in [3.8, 4) is 0 Å². The summed E-state index contributed by atoms with van der Waals surface area (Å²) in [6.45, 7) is 1.94.